The number of likely N-dealkylation sites (N-methyl/N-ethyl adjacent to an activating group) is 1. The molecule has 0 bridgehead atoms. The van der Waals surface area contributed by atoms with E-state index >= 15 is 0 Å². The number of nitrogens with zero attached hydrogens (tertiary/aromatic N) is 4. The third-order valence-electron chi connectivity index (χ3n) is 5.37. The lowest BCUT2D eigenvalue weighted by Gasteiger charge is -2.31. The first kappa shape index (κ1) is 19.3. The number of nitrogens with one attached hydrogen (secondary N) is 1. The lowest BCUT2D eigenvalue weighted by atomic mass is 9.97. The second-order valence-corrected chi connectivity index (χ2v) is 7.25. The summed E-state index contributed by atoms with van der Waals surface area (Å²) < 4.78 is 5.66. The van der Waals surface area contributed by atoms with Gasteiger partial charge in [0.15, 0.2) is 5.82 Å². The SMILES string of the molecule is CN1CCNCC1c1noc(C2CCCN(Cc3ccccc3)C2)n1.Cl. The van der Waals surface area contributed by atoms with Crippen molar-refractivity contribution in [3.8, 4) is 0 Å². The minimum Gasteiger partial charge on any atom is -0.339 e. The molecule has 26 heavy (non-hydrogen) atoms. The molecule has 0 aliphatic carbocycles. The zero-order valence-electron chi connectivity index (χ0n) is 15.3. The molecule has 1 aromatic carbocycles. The molecule has 1 N–H and O–H groups in total. The monoisotopic (exact) mass is 377 g/mol. The smallest absolute Gasteiger partial charge is 0.231 e. The van der Waals surface area contributed by atoms with Gasteiger partial charge in [-0.25, -0.2) is 0 Å². The Labute approximate surface area is 161 Å². The Hall–Kier alpha value is -1.47. The lowest BCUT2D eigenvalue weighted by Crippen LogP contribution is -2.44. The van der Waals surface area contributed by atoms with Crippen molar-refractivity contribution in [2.24, 2.45) is 0 Å². The fourth-order valence-corrected chi connectivity index (χ4v) is 3.89. The zero-order chi connectivity index (χ0) is 17.1. The Morgan fingerprint density at radius 1 is 1.23 bits per heavy atom. The van der Waals surface area contributed by atoms with Crippen molar-refractivity contribution in [3.05, 3.63) is 47.6 Å². The lowest BCUT2D eigenvalue weighted by molar-refractivity contribution is 0.178. The van der Waals surface area contributed by atoms with Gasteiger partial charge in [0, 0.05) is 32.7 Å². The van der Waals surface area contributed by atoms with E-state index in [0.717, 1.165) is 57.4 Å². The van der Waals surface area contributed by atoms with Crippen LogP contribution in [0, 0.1) is 0 Å². The Balaban J connectivity index is 0.00000196. The summed E-state index contributed by atoms with van der Waals surface area (Å²) in [5, 5.41) is 7.70. The summed E-state index contributed by atoms with van der Waals surface area (Å²) in [7, 11) is 2.13. The predicted molar refractivity (Wildman–Crippen MR) is 103 cm³/mol. The zero-order valence-corrected chi connectivity index (χ0v) is 16.1. The number of likely N-dealkylation sites (tertiary alicyclic amines) is 1. The molecule has 0 saturated carbocycles. The molecule has 142 valence electrons. The molecule has 0 amide bonds. The number of halogens is 1. The molecule has 2 aliphatic heterocycles. The maximum absolute atomic E-state index is 5.66. The first-order valence-electron chi connectivity index (χ1n) is 9.30. The highest BCUT2D eigenvalue weighted by Crippen LogP contribution is 2.28. The van der Waals surface area contributed by atoms with Gasteiger partial charge in [-0.2, -0.15) is 4.98 Å². The first-order chi connectivity index (χ1) is 12.3. The van der Waals surface area contributed by atoms with E-state index in [0.29, 0.717) is 5.92 Å². The third kappa shape index (κ3) is 4.43. The van der Waals surface area contributed by atoms with E-state index in [1.165, 1.54) is 12.0 Å². The van der Waals surface area contributed by atoms with Crippen molar-refractivity contribution in [2.75, 3.05) is 39.8 Å². The molecular formula is C19H28ClN5O. The van der Waals surface area contributed by atoms with Crippen molar-refractivity contribution in [1.29, 1.82) is 0 Å². The van der Waals surface area contributed by atoms with Crippen LogP contribution in [-0.2, 0) is 6.54 Å². The normalized spacial score (nSPS) is 25.0. The van der Waals surface area contributed by atoms with Crippen LogP contribution in [0.5, 0.6) is 0 Å². The molecule has 4 rings (SSSR count). The summed E-state index contributed by atoms with van der Waals surface area (Å²) in [5.74, 6) is 1.98. The van der Waals surface area contributed by atoms with Crippen LogP contribution >= 0.6 is 12.4 Å². The van der Waals surface area contributed by atoms with Crippen LogP contribution in [0.15, 0.2) is 34.9 Å². The van der Waals surface area contributed by atoms with Gasteiger partial charge in [-0.05, 0) is 32.0 Å². The summed E-state index contributed by atoms with van der Waals surface area (Å²) in [4.78, 5) is 9.56. The van der Waals surface area contributed by atoms with Gasteiger partial charge in [-0.1, -0.05) is 35.5 Å². The van der Waals surface area contributed by atoms with Gasteiger partial charge in [0.25, 0.3) is 0 Å². The third-order valence-corrected chi connectivity index (χ3v) is 5.37. The van der Waals surface area contributed by atoms with E-state index in [1.54, 1.807) is 0 Å². The highest BCUT2D eigenvalue weighted by atomic mass is 35.5. The van der Waals surface area contributed by atoms with Gasteiger partial charge in [0.05, 0.1) is 12.0 Å². The van der Waals surface area contributed by atoms with Gasteiger partial charge >= 0.3 is 0 Å². The van der Waals surface area contributed by atoms with Crippen molar-refractivity contribution in [3.63, 3.8) is 0 Å². The number of hydrogen-bond acceptors (Lipinski definition) is 6. The molecule has 2 atom stereocenters. The molecule has 2 fully saturated rings. The maximum Gasteiger partial charge on any atom is 0.231 e. The molecule has 6 nitrogen and oxygen atoms in total. The second-order valence-electron chi connectivity index (χ2n) is 7.25. The van der Waals surface area contributed by atoms with Crippen molar-refractivity contribution < 1.29 is 4.52 Å². The molecular weight excluding hydrogens is 350 g/mol. The molecule has 2 unspecified atom stereocenters. The van der Waals surface area contributed by atoms with E-state index in [-0.39, 0.29) is 18.4 Å². The molecule has 1 aromatic heterocycles. The van der Waals surface area contributed by atoms with Crippen molar-refractivity contribution in [2.45, 2.75) is 31.3 Å². The Morgan fingerprint density at radius 3 is 2.88 bits per heavy atom. The summed E-state index contributed by atoms with van der Waals surface area (Å²) in [6.45, 7) is 6.06. The average molecular weight is 378 g/mol. The molecule has 2 saturated heterocycles. The van der Waals surface area contributed by atoms with Crippen LogP contribution in [0.25, 0.3) is 0 Å². The largest absolute Gasteiger partial charge is 0.339 e. The first-order valence-corrected chi connectivity index (χ1v) is 9.30. The summed E-state index contributed by atoms with van der Waals surface area (Å²) in [6.07, 6.45) is 2.31. The molecule has 2 aliphatic rings. The molecule has 7 heteroatoms. The number of benzene rings is 1. The van der Waals surface area contributed by atoms with Gasteiger partial charge in [-0.3, -0.25) is 9.80 Å². The van der Waals surface area contributed by atoms with Crippen LogP contribution in [0.1, 0.15) is 42.1 Å². The molecule has 3 heterocycles. The van der Waals surface area contributed by atoms with Crippen molar-refractivity contribution in [1.82, 2.24) is 25.3 Å². The Morgan fingerprint density at radius 2 is 2.08 bits per heavy atom. The highest BCUT2D eigenvalue weighted by Gasteiger charge is 2.29. The number of piperidine rings is 1. The van der Waals surface area contributed by atoms with Crippen LogP contribution < -0.4 is 5.32 Å². The molecule has 2 aromatic rings. The fraction of sp³-hybridized carbons (Fsp3) is 0.579. The quantitative estimate of drug-likeness (QED) is 0.883. The second kappa shape index (κ2) is 8.95. The predicted octanol–water partition coefficient (Wildman–Crippen LogP) is 2.45. The van der Waals surface area contributed by atoms with Gasteiger partial charge in [0.1, 0.15) is 0 Å². The van der Waals surface area contributed by atoms with Crippen LogP contribution in [0.2, 0.25) is 0 Å². The van der Waals surface area contributed by atoms with Gasteiger partial charge in [0.2, 0.25) is 5.89 Å². The van der Waals surface area contributed by atoms with Crippen LogP contribution in [0.3, 0.4) is 0 Å². The summed E-state index contributed by atoms with van der Waals surface area (Å²) in [6, 6.07) is 10.9. The topological polar surface area (TPSA) is 57.4 Å². The van der Waals surface area contributed by atoms with Crippen LogP contribution in [-0.4, -0.2) is 59.7 Å². The number of aromatic nitrogens is 2. The van der Waals surface area contributed by atoms with Crippen molar-refractivity contribution >= 4 is 12.4 Å². The van der Waals surface area contributed by atoms with Crippen LogP contribution in [0.4, 0.5) is 0 Å². The Bertz CT molecular complexity index is 680. The molecule has 0 spiro atoms. The summed E-state index contributed by atoms with van der Waals surface area (Å²) in [5.41, 5.74) is 1.37. The number of piperazine rings is 1. The number of hydrogen-bond donors (Lipinski definition) is 1. The molecule has 0 radical (unpaired) electrons. The van der Waals surface area contributed by atoms with E-state index in [9.17, 15) is 0 Å². The summed E-state index contributed by atoms with van der Waals surface area (Å²) >= 11 is 0. The highest BCUT2D eigenvalue weighted by molar-refractivity contribution is 5.85. The van der Waals surface area contributed by atoms with Gasteiger partial charge < -0.3 is 9.84 Å². The minimum atomic E-state index is 0. The average Bonchev–Trinajstić information content (AvgIpc) is 3.13. The Kier molecular flexibility index (Phi) is 6.64. The fourth-order valence-electron chi connectivity index (χ4n) is 3.89. The maximum atomic E-state index is 5.66. The van der Waals surface area contributed by atoms with E-state index in [2.05, 4.69) is 57.7 Å². The van der Waals surface area contributed by atoms with Gasteiger partial charge in [-0.15, -0.1) is 12.4 Å². The van der Waals surface area contributed by atoms with E-state index < -0.39 is 0 Å². The standard InChI is InChI=1S/C19H27N5O.ClH/c1-23-11-9-20-12-17(23)18-21-19(25-22-18)16-8-5-10-24(14-16)13-15-6-3-2-4-7-15;/h2-4,6-7,16-17,20H,5,8-14H2,1H3;1H. The van der Waals surface area contributed by atoms with E-state index in [4.69, 9.17) is 9.51 Å². The van der Waals surface area contributed by atoms with E-state index in [1.807, 2.05) is 0 Å². The minimum absolute atomic E-state index is 0. The number of rotatable bonds is 4.